The molecule has 0 aliphatic carbocycles. The van der Waals surface area contributed by atoms with Crippen LogP contribution >= 0.6 is 11.3 Å². The van der Waals surface area contributed by atoms with Gasteiger partial charge in [-0.1, -0.05) is 55.5 Å². The average Bonchev–Trinajstić information content (AvgIpc) is 1.55. The van der Waals surface area contributed by atoms with E-state index in [0.29, 0.717) is 132 Å². The first kappa shape index (κ1) is 98.0. The van der Waals surface area contributed by atoms with Crippen LogP contribution in [0.3, 0.4) is 0 Å². The molecule has 146 heavy (non-hydrogen) atoms. The van der Waals surface area contributed by atoms with Crippen molar-refractivity contribution < 1.29 is 63.8 Å². The molecule has 4 unspecified atom stereocenters. The van der Waals surface area contributed by atoms with Gasteiger partial charge in [0.15, 0.2) is 0 Å². The predicted molar refractivity (Wildman–Crippen MR) is 542 cm³/mol. The fourth-order valence-corrected chi connectivity index (χ4v) is 24.4. The minimum atomic E-state index is -3.09. The number of halogens is 5. The Hall–Kier alpha value is -14.0. The van der Waals surface area contributed by atoms with Crippen molar-refractivity contribution in [2.75, 3.05) is 79.3 Å². The Kier molecular flexibility index (Phi) is 26.2. The van der Waals surface area contributed by atoms with Crippen LogP contribution in [0.4, 0.5) is 22.0 Å². The Morgan fingerprint density at radius 3 is 1.44 bits per heavy atom. The molecule has 0 saturated carbocycles. The van der Waals surface area contributed by atoms with Crippen LogP contribution in [0.1, 0.15) is 209 Å². The highest BCUT2D eigenvalue weighted by Gasteiger charge is 2.45. The number of thiazole rings is 1. The standard InChI is InChI=1S/C28H29F3N6O2.C27H28F2N6O3S.C26H28N6O2.C26H27N5O2S/c1-15-26(38)35(3)14-21-24(33-27(37(15)21)28(2)8-11-39-12-9-28)22-16-13-17(25(30)31)23(20-7-10-36(4)34-20)32-19(16)6-5-18(22)29;1-15-27(36)33(2)14-22-24(32-26(35(15)22)16-7-9-39(37,38)10-8-16)18-5-4-6-21-19(18)11-20(25(28)29)23(31-21)17-12-30-34(3)13-17;1-16-13-31(15-28-16)23-11-19-5-4-6-20(21(19)12-27-23)24-22-14-30(3)26(33)17(2)32(22)25(29-24)18-7-9-34-10-8-18;1-15-26(32)30(3)14-22-24(29-25(31(15)22)17-7-9-33-10-8-17)19-6-4-5-18-11-21(28-12-20(18)19)23-13-27-16(2)34-23/h5-7,10,13,15,25H,8-9,11-12,14H2,1-4H3;4-6,11-13,15-16,25H,7-10,14H2,1-3H3;4-6,11-13,15,17-18H,7-10,14H2,1-3H3;4-6,11-13,15,17H,7-10,14H2,1-3H3. The molecule has 0 N–H and O–H groups in total. The van der Waals surface area contributed by atoms with E-state index in [1.54, 1.807) is 84.9 Å². The first-order chi connectivity index (χ1) is 70.1. The van der Waals surface area contributed by atoms with Crippen molar-refractivity contribution in [2.24, 2.45) is 14.1 Å². The second-order valence-electron chi connectivity index (χ2n) is 39.8. The van der Waals surface area contributed by atoms with Crippen LogP contribution in [0, 0.1) is 19.7 Å². The Bertz CT molecular complexity index is 7750. The second-order valence-corrected chi connectivity index (χ2v) is 43.3. The SMILES string of the molecule is CC1C(=O)N(C)Cc2c(-c3c(F)ccc4nc(-c5ccn(C)n5)c(C(F)F)cc34)nc(C3(C)CCOCC3)n21.CC1C(=O)N(C)Cc2c(-c3cccc4nc(-c5cnn(C)c5)c(C(F)F)cc34)nc(C3CCS(=O)(=O)CC3)n21.Cc1cn(-c2cc3cccc(-c4nc(C5CCOCC5)n5c4CN(C)C(=O)C5C)c3cn2)cn1.Cc1ncc(-c2cc3cccc(-c4nc(C5CCOCC5)n5c4CN(C)C(=O)C5C)c3cn2)s1. The number of fused-ring (bicyclic) bond motifs is 8. The van der Waals surface area contributed by atoms with Gasteiger partial charge in [0, 0.05) is 203 Å². The fraction of sp³-hybridized carbons (Fsp3) is 0.402. The molecule has 0 radical (unpaired) electrons. The number of aryl methyl sites for hydroxylation is 4. The number of hydrogen-bond acceptors (Lipinski definition) is 22. The number of aromatic nitrogens is 19. The molecule has 0 bridgehead atoms. The molecule has 8 aliphatic rings. The van der Waals surface area contributed by atoms with E-state index in [2.05, 4.69) is 94.7 Å². The molecule has 16 aromatic rings. The topological polar surface area (TPSA) is 332 Å². The van der Waals surface area contributed by atoms with Gasteiger partial charge < -0.3 is 52.1 Å². The van der Waals surface area contributed by atoms with Crippen LogP contribution < -0.4 is 0 Å². The molecule has 12 aromatic heterocycles. The summed E-state index contributed by atoms with van der Waals surface area (Å²) in [4.78, 5) is 108. The Balaban J connectivity index is 0.000000115. The van der Waals surface area contributed by atoms with Gasteiger partial charge >= 0.3 is 0 Å². The molecule has 20 heterocycles. The van der Waals surface area contributed by atoms with Gasteiger partial charge in [-0.2, -0.15) is 10.2 Å². The molecular weight excluding hydrogens is 1910 g/mol. The summed E-state index contributed by atoms with van der Waals surface area (Å²) in [7, 11) is 7.50. The minimum Gasteiger partial charge on any atom is -0.381 e. The summed E-state index contributed by atoms with van der Waals surface area (Å²) in [5, 5.41) is 14.5. The molecule has 8 aliphatic heterocycles. The lowest BCUT2D eigenvalue weighted by atomic mass is 9.81. The van der Waals surface area contributed by atoms with Gasteiger partial charge in [0.1, 0.15) is 86.7 Å². The summed E-state index contributed by atoms with van der Waals surface area (Å²) >= 11 is 1.65. The first-order valence-electron chi connectivity index (χ1n) is 49.4. The summed E-state index contributed by atoms with van der Waals surface area (Å²) in [6.45, 7) is 19.3. The lowest BCUT2D eigenvalue weighted by molar-refractivity contribution is -0.136. The number of ether oxygens (including phenoxy) is 3. The number of nitrogens with zero attached hydrogens (tertiary/aromatic N) is 23. The van der Waals surface area contributed by atoms with Crippen molar-refractivity contribution in [2.45, 2.75) is 186 Å². The quantitative estimate of drug-likeness (QED) is 0.0913. The molecule has 32 nitrogen and oxygen atoms in total. The monoisotopic (exact) mass is 2020 g/mol. The van der Waals surface area contributed by atoms with Gasteiger partial charge in [-0.05, 0) is 152 Å². The summed E-state index contributed by atoms with van der Waals surface area (Å²) in [6.07, 6.45) is 14.7. The molecular formula is C107H112F5N23O9S2. The van der Waals surface area contributed by atoms with Gasteiger partial charge in [-0.15, -0.1) is 11.3 Å². The van der Waals surface area contributed by atoms with Gasteiger partial charge in [-0.3, -0.25) is 38.1 Å². The number of alkyl halides is 4. The number of likely N-dealkylation sites (N-methyl/N-ethyl adjacent to an activating group) is 4. The van der Waals surface area contributed by atoms with E-state index in [1.807, 2.05) is 116 Å². The first-order valence-corrected chi connectivity index (χ1v) is 52.0. The zero-order valence-corrected chi connectivity index (χ0v) is 85.0. The van der Waals surface area contributed by atoms with Crippen molar-refractivity contribution in [1.82, 2.24) is 112 Å². The van der Waals surface area contributed by atoms with Crippen LogP contribution in [0.15, 0.2) is 147 Å². The van der Waals surface area contributed by atoms with E-state index in [9.17, 15) is 45.2 Å². The maximum Gasteiger partial charge on any atom is 0.266 e. The van der Waals surface area contributed by atoms with E-state index in [0.717, 1.165) is 152 Å². The number of rotatable bonds is 14. The largest absolute Gasteiger partial charge is 0.381 e. The van der Waals surface area contributed by atoms with Crippen LogP contribution in [-0.2, 0) is 88.9 Å². The third-order valence-corrected chi connectivity index (χ3v) is 32.7. The van der Waals surface area contributed by atoms with Crippen molar-refractivity contribution >= 4 is 88.2 Å². The molecule has 24 rings (SSSR count). The van der Waals surface area contributed by atoms with Crippen molar-refractivity contribution in [3.63, 3.8) is 0 Å². The zero-order valence-electron chi connectivity index (χ0n) is 83.4. The van der Waals surface area contributed by atoms with Crippen molar-refractivity contribution in [1.29, 1.82) is 0 Å². The van der Waals surface area contributed by atoms with E-state index in [4.69, 9.17) is 44.1 Å². The minimum absolute atomic E-state index is 0.0527. The molecule has 0 spiro atoms. The van der Waals surface area contributed by atoms with Crippen molar-refractivity contribution in [3.05, 3.63) is 220 Å². The zero-order chi connectivity index (χ0) is 102. The Morgan fingerprint density at radius 1 is 0.459 bits per heavy atom. The predicted octanol–water partition coefficient (Wildman–Crippen LogP) is 18.4. The normalized spacial score (nSPS) is 19.3. The lowest BCUT2D eigenvalue weighted by Crippen LogP contribution is -2.42. The highest BCUT2D eigenvalue weighted by Crippen LogP contribution is 2.50. The van der Waals surface area contributed by atoms with E-state index in [-0.39, 0.29) is 93.1 Å². The second kappa shape index (κ2) is 39.1. The lowest BCUT2D eigenvalue weighted by Gasteiger charge is -2.37. The van der Waals surface area contributed by atoms with Crippen molar-refractivity contribution in [3.8, 4) is 84.1 Å². The Labute approximate surface area is 843 Å². The van der Waals surface area contributed by atoms with Gasteiger partial charge in [0.2, 0.25) is 23.6 Å². The number of imidazole rings is 5. The molecule has 39 heteroatoms. The summed E-state index contributed by atoms with van der Waals surface area (Å²) in [6, 6.07) is 27.8. The highest BCUT2D eigenvalue weighted by atomic mass is 32.2. The van der Waals surface area contributed by atoms with Gasteiger partial charge in [0.25, 0.3) is 12.9 Å². The highest BCUT2D eigenvalue weighted by molar-refractivity contribution is 7.91. The Morgan fingerprint density at radius 2 is 0.938 bits per heavy atom. The maximum absolute atomic E-state index is 15.8. The third-order valence-electron chi connectivity index (χ3n) is 30.0. The van der Waals surface area contributed by atoms with E-state index < -0.39 is 46.0 Å². The van der Waals surface area contributed by atoms with Gasteiger partial charge in [-0.25, -0.2) is 75.2 Å². The number of hydrogen-bond donors (Lipinski definition) is 0. The molecule has 756 valence electrons. The maximum atomic E-state index is 15.8. The van der Waals surface area contributed by atoms with E-state index >= 15 is 4.39 Å². The molecule has 4 amide bonds. The van der Waals surface area contributed by atoms with Gasteiger partial charge in [0.05, 0.1) is 127 Å². The number of pyridine rings is 4. The number of benzene rings is 4. The van der Waals surface area contributed by atoms with Crippen LogP contribution in [0.25, 0.3) is 127 Å². The number of carbonyl (C=O) groups is 4. The van der Waals surface area contributed by atoms with Crippen LogP contribution in [0.5, 0.6) is 0 Å². The number of carbonyl (C=O) groups excluding carboxylic acids is 4. The summed E-state index contributed by atoms with van der Waals surface area (Å²) < 4.78 is 127. The van der Waals surface area contributed by atoms with Crippen LogP contribution in [-0.4, -0.2) is 223 Å². The molecule has 4 saturated heterocycles. The molecule has 4 fully saturated rings. The number of sulfone groups is 1. The van der Waals surface area contributed by atoms with Crippen LogP contribution in [0.2, 0.25) is 0 Å². The van der Waals surface area contributed by atoms with E-state index in [1.165, 1.54) is 35.1 Å². The number of amides is 4. The third kappa shape index (κ3) is 18.0. The molecule has 4 aromatic carbocycles. The molecule has 4 atom stereocenters. The fourth-order valence-electron chi connectivity index (χ4n) is 22.2. The smallest absolute Gasteiger partial charge is 0.266 e. The summed E-state index contributed by atoms with van der Waals surface area (Å²) in [5.74, 6) is 4.39. The average molecular weight is 2020 g/mol. The summed E-state index contributed by atoms with van der Waals surface area (Å²) in [5.41, 5.74) is 12.3.